The maximum Gasteiger partial charge on any atom is 0.407 e. The van der Waals surface area contributed by atoms with Crippen molar-refractivity contribution in [1.29, 1.82) is 0 Å². The van der Waals surface area contributed by atoms with Crippen LogP contribution in [-0.4, -0.2) is 84.1 Å². The molecule has 2 N–H and O–H groups in total. The van der Waals surface area contributed by atoms with Crippen LogP contribution in [0.3, 0.4) is 0 Å². The fourth-order valence-electron chi connectivity index (χ4n) is 3.96. The molecule has 2 bridgehead atoms. The quantitative estimate of drug-likeness (QED) is 0.362. The van der Waals surface area contributed by atoms with Crippen molar-refractivity contribution in [2.45, 2.75) is 76.8 Å². The lowest BCUT2D eigenvalue weighted by atomic mass is 10.0. The second kappa shape index (κ2) is 8.44. The van der Waals surface area contributed by atoms with Gasteiger partial charge in [0.1, 0.15) is 6.04 Å². The predicted molar refractivity (Wildman–Crippen MR) is 115 cm³/mol. The molecule has 174 valence electrons. The number of nitrogens with one attached hydrogen (secondary N) is 1. The van der Waals surface area contributed by atoms with Gasteiger partial charge in [-0.3, -0.25) is 9.63 Å². The second-order valence-corrected chi connectivity index (χ2v) is 14.7. The molecule has 0 saturated carbocycles. The van der Waals surface area contributed by atoms with Crippen molar-refractivity contribution in [3.8, 4) is 0 Å². The summed E-state index contributed by atoms with van der Waals surface area (Å²) >= 11 is 0. The standard InChI is InChI=1S/C20H34N4O6Si/c1-13-10-15-11-23(18(26)24(15)30-31(5,6)20(2,3)4)16(13)17(25)21-29-12-14-8-7-9-22(14)19(27)28/h10,14-16H,7-9,11-12H2,1-6H3,(H,21,25)(H,27,28)/t14-,15+,16-/m0/s1. The van der Waals surface area contributed by atoms with E-state index in [0.29, 0.717) is 19.5 Å². The van der Waals surface area contributed by atoms with Gasteiger partial charge in [-0.15, -0.1) is 0 Å². The lowest BCUT2D eigenvalue weighted by Gasteiger charge is -2.39. The van der Waals surface area contributed by atoms with Crippen molar-refractivity contribution in [3.63, 3.8) is 0 Å². The number of rotatable bonds is 6. The van der Waals surface area contributed by atoms with Crippen LogP contribution >= 0.6 is 0 Å². The maximum absolute atomic E-state index is 13.1. The largest absolute Gasteiger partial charge is 0.465 e. The Morgan fingerprint density at radius 1 is 1.32 bits per heavy atom. The molecular weight excluding hydrogens is 420 g/mol. The first kappa shape index (κ1) is 23.5. The summed E-state index contributed by atoms with van der Waals surface area (Å²) in [7, 11) is -2.22. The minimum atomic E-state index is -2.22. The zero-order valence-electron chi connectivity index (χ0n) is 19.2. The van der Waals surface area contributed by atoms with Gasteiger partial charge in [0.15, 0.2) is 0 Å². The highest BCUT2D eigenvalue weighted by Crippen LogP contribution is 2.39. The summed E-state index contributed by atoms with van der Waals surface area (Å²) in [5.41, 5.74) is 3.17. The van der Waals surface area contributed by atoms with E-state index in [4.69, 9.17) is 9.36 Å². The second-order valence-electron chi connectivity index (χ2n) is 10.0. The Bertz CT molecular complexity index is 780. The third-order valence-corrected chi connectivity index (χ3v) is 11.0. The molecule has 3 atom stereocenters. The van der Waals surface area contributed by atoms with Crippen LogP contribution in [0.15, 0.2) is 11.6 Å². The van der Waals surface area contributed by atoms with Crippen molar-refractivity contribution in [2.75, 3.05) is 19.7 Å². The average Bonchev–Trinajstić information content (AvgIpc) is 3.20. The molecule has 3 heterocycles. The average molecular weight is 455 g/mol. The number of carbonyl (C=O) groups is 3. The first-order chi connectivity index (χ1) is 14.3. The zero-order valence-corrected chi connectivity index (χ0v) is 20.2. The lowest BCUT2D eigenvalue weighted by Crippen LogP contribution is -2.51. The Morgan fingerprint density at radius 3 is 2.61 bits per heavy atom. The van der Waals surface area contributed by atoms with E-state index in [9.17, 15) is 19.5 Å². The molecule has 0 aliphatic carbocycles. The smallest absolute Gasteiger partial charge is 0.407 e. The molecule has 11 heteroatoms. The molecule has 0 spiro atoms. The van der Waals surface area contributed by atoms with Gasteiger partial charge >= 0.3 is 12.1 Å². The van der Waals surface area contributed by atoms with Crippen LogP contribution < -0.4 is 5.48 Å². The summed E-state index contributed by atoms with van der Waals surface area (Å²) in [6, 6.07) is -1.62. The van der Waals surface area contributed by atoms with Crippen molar-refractivity contribution in [2.24, 2.45) is 0 Å². The summed E-state index contributed by atoms with van der Waals surface area (Å²) in [6.45, 7) is 13.2. The number of carbonyl (C=O) groups excluding carboxylic acids is 2. The van der Waals surface area contributed by atoms with E-state index in [-0.39, 0.29) is 29.8 Å². The Kier molecular flexibility index (Phi) is 6.41. The van der Waals surface area contributed by atoms with E-state index in [1.54, 1.807) is 0 Å². The summed E-state index contributed by atoms with van der Waals surface area (Å²) in [5, 5.41) is 10.6. The Morgan fingerprint density at radius 2 is 2.00 bits per heavy atom. The fourth-order valence-corrected chi connectivity index (χ4v) is 4.94. The molecule has 4 amide bonds. The summed E-state index contributed by atoms with van der Waals surface area (Å²) in [5.74, 6) is -0.449. The van der Waals surface area contributed by atoms with E-state index >= 15 is 0 Å². The number of nitrogens with zero attached hydrogens (tertiary/aromatic N) is 3. The number of hydrogen-bond acceptors (Lipinski definition) is 5. The van der Waals surface area contributed by atoms with Gasteiger partial charge in [-0.05, 0) is 43.5 Å². The van der Waals surface area contributed by atoms with Crippen molar-refractivity contribution in [1.82, 2.24) is 20.3 Å². The molecule has 31 heavy (non-hydrogen) atoms. The van der Waals surface area contributed by atoms with E-state index in [2.05, 4.69) is 39.3 Å². The first-order valence-corrected chi connectivity index (χ1v) is 13.6. The molecule has 0 aromatic carbocycles. The minimum Gasteiger partial charge on any atom is -0.465 e. The van der Waals surface area contributed by atoms with Gasteiger partial charge in [0.25, 0.3) is 5.91 Å². The zero-order chi connectivity index (χ0) is 23.1. The monoisotopic (exact) mass is 454 g/mol. The van der Waals surface area contributed by atoms with Gasteiger partial charge in [-0.1, -0.05) is 26.8 Å². The normalized spacial score (nSPS) is 26.4. The highest BCUT2D eigenvalue weighted by Gasteiger charge is 2.51. The first-order valence-electron chi connectivity index (χ1n) is 10.7. The number of likely N-dealkylation sites (tertiary alicyclic amines) is 1. The highest BCUT2D eigenvalue weighted by atomic mass is 28.4. The van der Waals surface area contributed by atoms with Crippen molar-refractivity contribution in [3.05, 3.63) is 11.6 Å². The molecule has 3 rings (SSSR count). The van der Waals surface area contributed by atoms with Gasteiger partial charge < -0.3 is 19.4 Å². The van der Waals surface area contributed by atoms with Crippen LogP contribution in [0.1, 0.15) is 40.5 Å². The topological polar surface area (TPSA) is 112 Å². The fraction of sp³-hybridized carbons (Fsp3) is 0.750. The molecule has 10 nitrogen and oxygen atoms in total. The Hall–Kier alpha value is -2.11. The summed E-state index contributed by atoms with van der Waals surface area (Å²) in [4.78, 5) is 45.3. The number of hydroxylamine groups is 3. The van der Waals surface area contributed by atoms with Crippen LogP contribution in [0.4, 0.5) is 9.59 Å². The predicted octanol–water partition coefficient (Wildman–Crippen LogP) is 2.55. The van der Waals surface area contributed by atoms with Gasteiger partial charge in [0.05, 0.1) is 25.2 Å². The molecular formula is C20H34N4O6Si. The Balaban J connectivity index is 1.62. The van der Waals surface area contributed by atoms with Crippen LogP contribution in [0, 0.1) is 0 Å². The lowest BCUT2D eigenvalue weighted by molar-refractivity contribution is -0.138. The molecule has 0 aromatic heterocycles. The van der Waals surface area contributed by atoms with E-state index in [1.807, 2.05) is 13.0 Å². The summed E-state index contributed by atoms with van der Waals surface area (Å²) in [6.07, 6.45) is 2.38. The Labute approximate surface area is 184 Å². The van der Waals surface area contributed by atoms with Crippen molar-refractivity contribution >= 4 is 26.3 Å². The minimum absolute atomic E-state index is 0.0627. The molecule has 0 unspecified atom stereocenters. The molecule has 2 saturated heterocycles. The molecule has 3 aliphatic heterocycles. The number of urea groups is 1. The van der Waals surface area contributed by atoms with Crippen molar-refractivity contribution < 1.29 is 28.9 Å². The molecule has 0 radical (unpaired) electrons. The van der Waals surface area contributed by atoms with Crippen LogP contribution in [0.25, 0.3) is 0 Å². The summed E-state index contributed by atoms with van der Waals surface area (Å²) < 4.78 is 6.26. The number of carboxylic acid groups (broad SMARTS) is 1. The van der Waals surface area contributed by atoms with E-state index in [0.717, 1.165) is 12.0 Å². The molecule has 2 fully saturated rings. The van der Waals surface area contributed by atoms with Crippen LogP contribution in [-0.2, 0) is 14.2 Å². The third kappa shape index (κ3) is 4.58. The van der Waals surface area contributed by atoms with Gasteiger partial charge in [-0.2, -0.15) is 0 Å². The van der Waals surface area contributed by atoms with Crippen LogP contribution in [0.2, 0.25) is 18.1 Å². The third-order valence-electron chi connectivity index (χ3n) is 6.77. The van der Waals surface area contributed by atoms with Gasteiger partial charge in [0, 0.05) is 6.54 Å². The SMILES string of the molecule is CC1=C[C@@H]2CN(C(=O)N2O[Si](C)(C)C(C)(C)C)[C@@H]1C(=O)NOC[C@@H]1CCCN1C(=O)O. The number of fused-ring (bicyclic) bond motifs is 2. The van der Waals surface area contributed by atoms with E-state index in [1.165, 1.54) is 14.9 Å². The van der Waals surface area contributed by atoms with Crippen LogP contribution in [0.5, 0.6) is 0 Å². The van der Waals surface area contributed by atoms with Gasteiger partial charge in [-0.25, -0.2) is 20.1 Å². The maximum atomic E-state index is 13.1. The molecule has 0 aromatic rings. The number of hydrogen-bond donors (Lipinski definition) is 2. The molecule has 3 aliphatic rings. The van der Waals surface area contributed by atoms with Gasteiger partial charge in [0.2, 0.25) is 8.32 Å². The number of amides is 4. The van der Waals surface area contributed by atoms with E-state index < -0.39 is 26.4 Å². The highest BCUT2D eigenvalue weighted by molar-refractivity contribution is 6.74.